The van der Waals surface area contributed by atoms with Crippen LogP contribution >= 0.6 is 0 Å². The summed E-state index contributed by atoms with van der Waals surface area (Å²) in [5.41, 5.74) is 1.01. The van der Waals surface area contributed by atoms with Crippen LogP contribution in [0.25, 0.3) is 0 Å². The molecule has 0 saturated carbocycles. The van der Waals surface area contributed by atoms with Crippen molar-refractivity contribution >= 4 is 9.84 Å². The highest BCUT2D eigenvalue weighted by Gasteiger charge is 2.28. The van der Waals surface area contributed by atoms with Crippen LogP contribution in [0.5, 0.6) is 0 Å². The summed E-state index contributed by atoms with van der Waals surface area (Å²) in [7, 11) is 0.936. The number of sulfone groups is 1. The second-order valence-corrected chi connectivity index (χ2v) is 10.8. The topological polar surface area (TPSA) is 58.4 Å². The van der Waals surface area contributed by atoms with E-state index in [9.17, 15) is 8.42 Å². The fourth-order valence-corrected chi connectivity index (χ4v) is 4.54. The maximum Gasteiger partial charge on any atom is 0.228 e. The fourth-order valence-electron chi connectivity index (χ4n) is 3.40. The van der Waals surface area contributed by atoms with E-state index in [2.05, 4.69) is 42.7 Å². The molecule has 1 aromatic heterocycles. The van der Waals surface area contributed by atoms with E-state index >= 15 is 0 Å². The first-order chi connectivity index (χ1) is 12.1. The minimum absolute atomic E-state index is 0.236. The van der Waals surface area contributed by atoms with Crippen LogP contribution in [0.1, 0.15) is 52.7 Å². The Bertz CT molecular complexity index is 674. The minimum atomic E-state index is -3.38. The molecule has 0 aliphatic carbocycles. The summed E-state index contributed by atoms with van der Waals surface area (Å²) in [6, 6.07) is 0.546. The Labute approximate surface area is 159 Å². The van der Waals surface area contributed by atoms with E-state index in [0.29, 0.717) is 18.5 Å². The Morgan fingerprint density at radius 1 is 1.23 bits per heavy atom. The number of imidazole rings is 1. The fraction of sp³-hybridized carbons (Fsp3) is 0.842. The Morgan fingerprint density at radius 2 is 1.85 bits per heavy atom. The van der Waals surface area contributed by atoms with Gasteiger partial charge in [0.2, 0.25) is 15.0 Å². The number of likely N-dealkylation sites (tertiary alicyclic amines) is 1. The van der Waals surface area contributed by atoms with Gasteiger partial charge in [0.1, 0.15) is 0 Å². The zero-order valence-corrected chi connectivity index (χ0v) is 18.1. The first-order valence-electron chi connectivity index (χ1n) is 9.80. The molecule has 2 rings (SSSR count). The third-order valence-electron chi connectivity index (χ3n) is 5.43. The quantitative estimate of drug-likeness (QED) is 0.690. The number of piperidine rings is 1. The van der Waals surface area contributed by atoms with Crippen LogP contribution in [0.3, 0.4) is 0 Å². The van der Waals surface area contributed by atoms with Crippen molar-refractivity contribution in [2.75, 3.05) is 27.2 Å². The summed E-state index contributed by atoms with van der Waals surface area (Å²) in [6.07, 6.45) is 5.03. The van der Waals surface area contributed by atoms with Crippen molar-refractivity contribution in [2.45, 2.75) is 76.5 Å². The lowest BCUT2D eigenvalue weighted by Crippen LogP contribution is -2.41. The van der Waals surface area contributed by atoms with E-state index in [1.54, 1.807) is 20.0 Å². The lowest BCUT2D eigenvalue weighted by atomic mass is 10.0. The van der Waals surface area contributed by atoms with E-state index in [1.807, 2.05) is 4.57 Å². The predicted molar refractivity (Wildman–Crippen MR) is 106 cm³/mol. The van der Waals surface area contributed by atoms with Crippen LogP contribution in [0, 0.1) is 5.92 Å². The molecule has 0 radical (unpaired) electrons. The van der Waals surface area contributed by atoms with Crippen LogP contribution in [0.4, 0.5) is 0 Å². The van der Waals surface area contributed by atoms with Gasteiger partial charge in [-0.3, -0.25) is 4.90 Å². The van der Waals surface area contributed by atoms with Gasteiger partial charge in [0.05, 0.1) is 17.1 Å². The van der Waals surface area contributed by atoms with Crippen LogP contribution in [0.2, 0.25) is 0 Å². The SMILES string of the molecule is CC(C)CCn1c(CN(C)C2CCN(C)CC2)cnc1S(=O)(=O)C(C)C. The second kappa shape index (κ2) is 8.85. The number of rotatable bonds is 8. The van der Waals surface area contributed by atoms with Crippen LogP contribution in [-0.2, 0) is 22.9 Å². The Hall–Kier alpha value is -0.920. The van der Waals surface area contributed by atoms with Gasteiger partial charge in [0, 0.05) is 19.1 Å². The molecule has 0 amide bonds. The van der Waals surface area contributed by atoms with Crippen molar-refractivity contribution in [2.24, 2.45) is 5.92 Å². The maximum absolute atomic E-state index is 12.7. The number of nitrogens with zero attached hydrogens (tertiary/aromatic N) is 4. The highest BCUT2D eigenvalue weighted by molar-refractivity contribution is 7.91. The summed E-state index contributed by atoms with van der Waals surface area (Å²) < 4.78 is 27.4. The van der Waals surface area contributed by atoms with Crippen molar-refractivity contribution in [3.8, 4) is 0 Å². The first kappa shape index (κ1) is 21.4. The first-order valence-corrected chi connectivity index (χ1v) is 11.3. The lowest BCUT2D eigenvalue weighted by Gasteiger charge is -2.35. The van der Waals surface area contributed by atoms with Gasteiger partial charge in [-0.2, -0.15) is 0 Å². The molecule has 0 spiro atoms. The van der Waals surface area contributed by atoms with E-state index < -0.39 is 15.1 Å². The predicted octanol–water partition coefficient (Wildman–Crippen LogP) is 2.64. The molecule has 150 valence electrons. The number of hydrogen-bond acceptors (Lipinski definition) is 5. The molecule has 0 aromatic carbocycles. The van der Waals surface area contributed by atoms with Gasteiger partial charge in [0.15, 0.2) is 0 Å². The molecule has 6 nitrogen and oxygen atoms in total. The van der Waals surface area contributed by atoms with Crippen LogP contribution < -0.4 is 0 Å². The average Bonchev–Trinajstić information content (AvgIpc) is 2.96. The molecule has 7 heteroatoms. The normalized spacial score (nSPS) is 17.7. The second-order valence-electron chi connectivity index (χ2n) is 8.41. The number of aromatic nitrogens is 2. The van der Waals surface area contributed by atoms with E-state index in [0.717, 1.165) is 44.6 Å². The average molecular weight is 385 g/mol. The molecule has 1 aromatic rings. The van der Waals surface area contributed by atoms with Gasteiger partial charge in [-0.05, 0) is 66.2 Å². The Morgan fingerprint density at radius 3 is 2.38 bits per heavy atom. The van der Waals surface area contributed by atoms with Crippen LogP contribution in [-0.4, -0.2) is 66.2 Å². The standard InChI is InChI=1S/C19H36N4O2S/c1-15(2)7-12-23-18(13-20-19(23)26(24,25)16(3)4)14-22(6)17-8-10-21(5)11-9-17/h13,15-17H,7-12,14H2,1-6H3. The maximum atomic E-state index is 12.7. The highest BCUT2D eigenvalue weighted by Crippen LogP contribution is 2.22. The van der Waals surface area contributed by atoms with Crippen molar-refractivity contribution in [3.63, 3.8) is 0 Å². The number of hydrogen-bond donors (Lipinski definition) is 0. The largest absolute Gasteiger partial charge is 0.318 e. The summed E-state index contributed by atoms with van der Waals surface area (Å²) in [5.74, 6) is 0.520. The minimum Gasteiger partial charge on any atom is -0.318 e. The molecule has 1 aliphatic heterocycles. The van der Waals surface area contributed by atoms with E-state index in [1.165, 1.54) is 0 Å². The van der Waals surface area contributed by atoms with Gasteiger partial charge in [0.25, 0.3) is 0 Å². The van der Waals surface area contributed by atoms with Crippen LogP contribution in [0.15, 0.2) is 11.4 Å². The van der Waals surface area contributed by atoms with Gasteiger partial charge < -0.3 is 9.47 Å². The Kier molecular flexibility index (Phi) is 7.27. The van der Waals surface area contributed by atoms with Gasteiger partial charge >= 0.3 is 0 Å². The molecule has 1 aliphatic rings. The smallest absolute Gasteiger partial charge is 0.228 e. The molecule has 1 fully saturated rings. The summed E-state index contributed by atoms with van der Waals surface area (Å²) >= 11 is 0. The molecular formula is C19H36N4O2S. The molecule has 26 heavy (non-hydrogen) atoms. The van der Waals surface area contributed by atoms with Gasteiger partial charge in [-0.25, -0.2) is 13.4 Å². The zero-order valence-electron chi connectivity index (χ0n) is 17.3. The summed E-state index contributed by atoms with van der Waals surface area (Å²) in [5, 5.41) is -0.220. The molecule has 2 heterocycles. The zero-order chi connectivity index (χ0) is 19.5. The molecule has 0 bridgehead atoms. The molecule has 0 atom stereocenters. The molecular weight excluding hydrogens is 348 g/mol. The Balaban J connectivity index is 2.22. The van der Waals surface area contributed by atoms with Crippen molar-refractivity contribution in [1.82, 2.24) is 19.4 Å². The van der Waals surface area contributed by atoms with Crippen molar-refractivity contribution in [1.29, 1.82) is 0 Å². The van der Waals surface area contributed by atoms with Gasteiger partial charge in [-0.1, -0.05) is 13.8 Å². The van der Waals surface area contributed by atoms with E-state index in [-0.39, 0.29) is 5.16 Å². The third-order valence-corrected chi connectivity index (χ3v) is 7.51. The summed E-state index contributed by atoms with van der Waals surface area (Å²) in [4.78, 5) is 9.07. The molecule has 0 unspecified atom stereocenters. The van der Waals surface area contributed by atoms with Gasteiger partial charge in [-0.15, -0.1) is 0 Å². The monoisotopic (exact) mass is 384 g/mol. The van der Waals surface area contributed by atoms with E-state index in [4.69, 9.17) is 0 Å². The highest BCUT2D eigenvalue weighted by atomic mass is 32.2. The molecule has 1 saturated heterocycles. The van der Waals surface area contributed by atoms with Crippen molar-refractivity contribution < 1.29 is 8.42 Å². The summed E-state index contributed by atoms with van der Waals surface area (Å²) in [6.45, 7) is 11.5. The molecule has 0 N–H and O–H groups in total. The third kappa shape index (κ3) is 5.08. The lowest BCUT2D eigenvalue weighted by molar-refractivity contribution is 0.136. The van der Waals surface area contributed by atoms with Crippen molar-refractivity contribution in [3.05, 3.63) is 11.9 Å².